The number of aromatic nitrogens is 2. The number of halogens is 1. The van der Waals surface area contributed by atoms with Gasteiger partial charge in [0.15, 0.2) is 5.16 Å². The van der Waals surface area contributed by atoms with Gasteiger partial charge in [0.2, 0.25) is 0 Å². The van der Waals surface area contributed by atoms with Crippen LogP contribution < -0.4 is 10.9 Å². The third-order valence-electron chi connectivity index (χ3n) is 4.89. The van der Waals surface area contributed by atoms with Crippen LogP contribution in [0.2, 0.25) is 0 Å². The van der Waals surface area contributed by atoms with Gasteiger partial charge in [0, 0.05) is 11.4 Å². The highest BCUT2D eigenvalue weighted by Gasteiger charge is 2.24. The molecule has 0 atom stereocenters. The first kappa shape index (κ1) is 19.7. The summed E-state index contributed by atoms with van der Waals surface area (Å²) in [5, 5.41) is 8.19. The summed E-state index contributed by atoms with van der Waals surface area (Å²) in [7, 11) is 0. The van der Waals surface area contributed by atoms with E-state index in [-0.39, 0.29) is 17.3 Å². The van der Waals surface area contributed by atoms with Gasteiger partial charge in [-0.15, -0.1) is 11.3 Å². The summed E-state index contributed by atoms with van der Waals surface area (Å²) < 4.78 is 14.5. The van der Waals surface area contributed by atoms with Gasteiger partial charge in [-0.2, -0.15) is 9.78 Å². The molecule has 2 aromatic heterocycles. The Morgan fingerprint density at radius 3 is 2.61 bits per heavy atom. The zero-order valence-corrected chi connectivity index (χ0v) is 17.9. The fourth-order valence-electron chi connectivity index (χ4n) is 3.33. The predicted octanol–water partition coefficient (Wildman–Crippen LogP) is 4.52. The average Bonchev–Trinajstić information content (AvgIpc) is 3.11. The molecule has 1 aliphatic rings. The number of carbonyl (C=O) groups excluding carboxylic acids is 1. The Labute approximate surface area is 184 Å². The van der Waals surface area contributed by atoms with E-state index in [1.807, 2.05) is 18.2 Å². The smallest absolute Gasteiger partial charge is 0.283 e. The van der Waals surface area contributed by atoms with Crippen LogP contribution in [0.15, 0.2) is 69.6 Å². The molecule has 0 aliphatic carbocycles. The average molecular weight is 451 g/mol. The molecule has 1 aliphatic heterocycles. The largest absolute Gasteiger partial charge is 0.321 e. The highest BCUT2D eigenvalue weighted by Crippen LogP contribution is 2.31. The number of thioether (sulfide) groups is 1. The number of hydrogen-bond acceptors (Lipinski definition) is 6. The standard InChI is InChI=1S/C22H15FN4O2S2/c1-12-17-20(31-18(12)19(28)24-15-5-3-2-4-6-15)25-22-27(21(17)29)26-16(11-30-22)13-7-9-14(23)10-8-13/h2-10H,11H2,1H3,(H,24,28). The first-order chi connectivity index (χ1) is 15.0. The van der Waals surface area contributed by atoms with E-state index in [4.69, 9.17) is 0 Å². The number of para-hydroxylation sites is 1. The van der Waals surface area contributed by atoms with Gasteiger partial charge in [-0.3, -0.25) is 9.59 Å². The monoisotopic (exact) mass is 450 g/mol. The molecule has 3 heterocycles. The SMILES string of the molecule is Cc1c(C(=O)Nc2ccccc2)sc2nc3n(c(=O)c12)N=C(c1ccc(F)cc1)CS3. The Balaban J connectivity index is 1.57. The van der Waals surface area contributed by atoms with E-state index in [1.165, 1.54) is 39.9 Å². The first-order valence-electron chi connectivity index (χ1n) is 9.40. The van der Waals surface area contributed by atoms with Crippen molar-refractivity contribution in [2.45, 2.75) is 12.1 Å². The molecule has 1 amide bonds. The van der Waals surface area contributed by atoms with Gasteiger partial charge in [0.1, 0.15) is 10.6 Å². The van der Waals surface area contributed by atoms with E-state index >= 15 is 0 Å². The maximum Gasteiger partial charge on any atom is 0.283 e. The number of carbonyl (C=O) groups is 1. The lowest BCUT2D eigenvalue weighted by Gasteiger charge is -2.15. The van der Waals surface area contributed by atoms with E-state index in [2.05, 4.69) is 15.4 Å². The number of benzene rings is 2. The molecule has 0 saturated heterocycles. The van der Waals surface area contributed by atoms with Gasteiger partial charge in [-0.05, 0) is 42.3 Å². The Morgan fingerprint density at radius 2 is 1.87 bits per heavy atom. The zero-order valence-electron chi connectivity index (χ0n) is 16.3. The van der Waals surface area contributed by atoms with Gasteiger partial charge in [0.25, 0.3) is 11.5 Å². The number of amides is 1. The number of fused-ring (bicyclic) bond motifs is 2. The Hall–Kier alpha value is -3.30. The second kappa shape index (κ2) is 7.75. The van der Waals surface area contributed by atoms with Crippen LogP contribution in [0, 0.1) is 12.7 Å². The van der Waals surface area contributed by atoms with Gasteiger partial charge >= 0.3 is 0 Å². The fourth-order valence-corrected chi connectivity index (χ4v) is 5.35. The van der Waals surface area contributed by atoms with Crippen molar-refractivity contribution >= 4 is 50.6 Å². The molecular weight excluding hydrogens is 435 g/mol. The minimum Gasteiger partial charge on any atom is -0.321 e. The molecule has 0 radical (unpaired) electrons. The normalized spacial score (nSPS) is 13.0. The van der Waals surface area contributed by atoms with Crippen LogP contribution in [0.4, 0.5) is 10.1 Å². The van der Waals surface area contributed by atoms with E-state index < -0.39 is 0 Å². The highest BCUT2D eigenvalue weighted by atomic mass is 32.2. The van der Waals surface area contributed by atoms with Crippen molar-refractivity contribution in [1.29, 1.82) is 0 Å². The quantitative estimate of drug-likeness (QED) is 0.466. The third kappa shape index (κ3) is 3.55. The third-order valence-corrected chi connectivity index (χ3v) is 7.01. The second-order valence-electron chi connectivity index (χ2n) is 6.91. The van der Waals surface area contributed by atoms with Gasteiger partial charge in [-0.25, -0.2) is 9.37 Å². The Morgan fingerprint density at radius 1 is 1.13 bits per heavy atom. The molecule has 31 heavy (non-hydrogen) atoms. The van der Waals surface area contributed by atoms with Crippen LogP contribution in [0.3, 0.4) is 0 Å². The number of hydrogen-bond donors (Lipinski definition) is 1. The van der Waals surface area contributed by atoms with Gasteiger partial charge < -0.3 is 5.32 Å². The molecular formula is C22H15FN4O2S2. The van der Waals surface area contributed by atoms with Crippen LogP contribution in [0.5, 0.6) is 0 Å². The predicted molar refractivity (Wildman–Crippen MR) is 122 cm³/mol. The summed E-state index contributed by atoms with van der Waals surface area (Å²) in [4.78, 5) is 31.6. The zero-order chi connectivity index (χ0) is 21.5. The maximum absolute atomic E-state index is 13.2. The van der Waals surface area contributed by atoms with Crippen molar-refractivity contribution in [1.82, 2.24) is 9.66 Å². The Kier molecular flexibility index (Phi) is 4.91. The van der Waals surface area contributed by atoms with Crippen LogP contribution in [0.1, 0.15) is 20.8 Å². The summed E-state index contributed by atoms with van der Waals surface area (Å²) in [6, 6.07) is 15.1. The summed E-state index contributed by atoms with van der Waals surface area (Å²) >= 11 is 2.58. The van der Waals surface area contributed by atoms with Crippen molar-refractivity contribution in [3.63, 3.8) is 0 Å². The molecule has 154 valence electrons. The highest BCUT2D eigenvalue weighted by molar-refractivity contribution is 7.99. The number of rotatable bonds is 3. The van der Waals surface area contributed by atoms with Crippen LogP contribution >= 0.6 is 23.1 Å². The minimum atomic E-state index is -0.330. The number of aryl methyl sites for hydroxylation is 1. The van der Waals surface area contributed by atoms with E-state index in [1.54, 1.807) is 31.2 Å². The number of anilines is 1. The van der Waals surface area contributed by atoms with Gasteiger partial charge in [0.05, 0.1) is 16.0 Å². The summed E-state index contributed by atoms with van der Waals surface area (Å²) in [6.45, 7) is 1.75. The Bertz CT molecular complexity index is 1410. The first-order valence-corrected chi connectivity index (χ1v) is 11.2. The topological polar surface area (TPSA) is 76.3 Å². The molecule has 1 N–H and O–H groups in total. The molecule has 0 fully saturated rings. The van der Waals surface area contributed by atoms with Crippen molar-refractivity contribution in [3.05, 3.63) is 86.8 Å². The van der Waals surface area contributed by atoms with Crippen molar-refractivity contribution in [2.75, 3.05) is 11.1 Å². The van der Waals surface area contributed by atoms with Crippen LogP contribution in [0.25, 0.3) is 10.2 Å². The number of thiophene rings is 1. The molecule has 0 bridgehead atoms. The molecule has 6 nitrogen and oxygen atoms in total. The van der Waals surface area contributed by atoms with E-state index in [0.29, 0.717) is 43.0 Å². The molecule has 0 unspecified atom stereocenters. The van der Waals surface area contributed by atoms with Crippen LogP contribution in [-0.2, 0) is 0 Å². The maximum atomic E-state index is 13.2. The molecule has 2 aromatic carbocycles. The van der Waals surface area contributed by atoms with E-state index in [9.17, 15) is 14.0 Å². The van der Waals surface area contributed by atoms with Gasteiger partial charge in [-0.1, -0.05) is 42.1 Å². The lowest BCUT2D eigenvalue weighted by molar-refractivity contribution is 0.103. The summed E-state index contributed by atoms with van der Waals surface area (Å²) in [5.74, 6) is -0.101. The van der Waals surface area contributed by atoms with Crippen molar-refractivity contribution in [3.8, 4) is 0 Å². The second-order valence-corrected chi connectivity index (χ2v) is 8.85. The van der Waals surface area contributed by atoms with E-state index in [0.717, 1.165) is 5.56 Å². The molecule has 9 heteroatoms. The number of nitrogens with one attached hydrogen (secondary N) is 1. The summed E-state index contributed by atoms with van der Waals surface area (Å²) in [6.07, 6.45) is 0. The lowest BCUT2D eigenvalue weighted by Crippen LogP contribution is -2.25. The molecule has 5 rings (SSSR count). The lowest BCUT2D eigenvalue weighted by atomic mass is 10.1. The van der Waals surface area contributed by atoms with Crippen LogP contribution in [-0.4, -0.2) is 27.0 Å². The minimum absolute atomic E-state index is 0.280. The molecule has 4 aromatic rings. The van der Waals surface area contributed by atoms with Crippen molar-refractivity contribution in [2.24, 2.45) is 5.10 Å². The summed E-state index contributed by atoms with van der Waals surface area (Å²) in [5.41, 5.74) is 2.35. The fraction of sp³-hybridized carbons (Fsp3) is 0.0909. The molecule has 0 spiro atoms. The molecule has 0 saturated carbocycles. The van der Waals surface area contributed by atoms with Crippen molar-refractivity contribution < 1.29 is 9.18 Å². The number of nitrogens with zero attached hydrogens (tertiary/aromatic N) is 3.